The predicted molar refractivity (Wildman–Crippen MR) is 68.9 cm³/mol. The maximum atomic E-state index is 11.6. The molecule has 6 heteroatoms. The van der Waals surface area contributed by atoms with Crippen LogP contribution in [0.3, 0.4) is 0 Å². The number of halogens is 1. The molecule has 0 heterocycles. The van der Waals surface area contributed by atoms with Gasteiger partial charge in [-0.2, -0.15) is 0 Å². The number of esters is 1. The summed E-state index contributed by atoms with van der Waals surface area (Å²) in [6, 6.07) is -0.586. The second-order valence-electron chi connectivity index (χ2n) is 5.01. The summed E-state index contributed by atoms with van der Waals surface area (Å²) in [5.41, 5.74) is 5.47. The van der Waals surface area contributed by atoms with Crippen molar-refractivity contribution in [3.63, 3.8) is 0 Å². The average molecular weight is 267 g/mol. The van der Waals surface area contributed by atoms with Crippen molar-refractivity contribution in [3.8, 4) is 0 Å². The first-order valence-corrected chi connectivity index (χ1v) is 5.31. The number of hydrogen-bond acceptors (Lipinski definition) is 4. The molecule has 0 saturated heterocycles. The molecule has 17 heavy (non-hydrogen) atoms. The lowest BCUT2D eigenvalue weighted by Crippen LogP contribution is -2.49. The molecule has 0 rings (SSSR count). The van der Waals surface area contributed by atoms with Crippen molar-refractivity contribution in [1.82, 2.24) is 5.32 Å². The van der Waals surface area contributed by atoms with E-state index in [1.165, 1.54) is 7.11 Å². The van der Waals surface area contributed by atoms with Gasteiger partial charge in [0, 0.05) is 6.54 Å². The minimum absolute atomic E-state index is 0. The lowest BCUT2D eigenvalue weighted by atomic mass is 9.87. The Labute approximate surface area is 109 Å². The number of methoxy groups -OCH3 is 1. The van der Waals surface area contributed by atoms with Crippen LogP contribution in [0.15, 0.2) is 0 Å². The summed E-state index contributed by atoms with van der Waals surface area (Å²) < 4.78 is 4.55. The van der Waals surface area contributed by atoms with Gasteiger partial charge < -0.3 is 15.8 Å². The summed E-state index contributed by atoms with van der Waals surface area (Å²) in [4.78, 5) is 22.7. The molecule has 102 valence electrons. The highest BCUT2D eigenvalue weighted by Crippen LogP contribution is 2.17. The molecule has 0 saturated carbocycles. The Bertz CT molecular complexity index is 264. The highest BCUT2D eigenvalue weighted by molar-refractivity contribution is 5.85. The van der Waals surface area contributed by atoms with Crippen molar-refractivity contribution < 1.29 is 14.3 Å². The summed E-state index contributed by atoms with van der Waals surface area (Å²) in [6.07, 6.45) is 0. The van der Waals surface area contributed by atoms with Crippen molar-refractivity contribution >= 4 is 24.3 Å². The van der Waals surface area contributed by atoms with Gasteiger partial charge in [-0.3, -0.25) is 9.59 Å². The van der Waals surface area contributed by atoms with Gasteiger partial charge >= 0.3 is 5.97 Å². The lowest BCUT2D eigenvalue weighted by molar-refractivity contribution is -0.144. The number of carbonyl (C=O) groups is 2. The third-order valence-electron chi connectivity index (χ3n) is 2.40. The van der Waals surface area contributed by atoms with Gasteiger partial charge in [-0.15, -0.1) is 12.4 Å². The number of ether oxygens (including phenoxy) is 1. The van der Waals surface area contributed by atoms with E-state index in [9.17, 15) is 9.59 Å². The van der Waals surface area contributed by atoms with Crippen LogP contribution in [0.5, 0.6) is 0 Å². The third-order valence-corrected chi connectivity index (χ3v) is 2.40. The summed E-state index contributed by atoms with van der Waals surface area (Å²) >= 11 is 0. The molecule has 1 amide bonds. The third kappa shape index (κ3) is 6.48. The van der Waals surface area contributed by atoms with Gasteiger partial charge in [0.2, 0.25) is 5.91 Å². The van der Waals surface area contributed by atoms with Gasteiger partial charge in [0.05, 0.1) is 19.1 Å². The van der Waals surface area contributed by atoms with E-state index in [2.05, 4.69) is 10.1 Å². The van der Waals surface area contributed by atoms with Gasteiger partial charge in [-0.25, -0.2) is 0 Å². The number of rotatable bonds is 4. The normalized spacial score (nSPS) is 14.2. The molecule has 5 nitrogen and oxygen atoms in total. The first-order valence-electron chi connectivity index (χ1n) is 5.31. The van der Waals surface area contributed by atoms with Gasteiger partial charge in [0.25, 0.3) is 0 Å². The van der Waals surface area contributed by atoms with Crippen LogP contribution in [0.1, 0.15) is 27.7 Å². The van der Waals surface area contributed by atoms with Crippen LogP contribution in [0, 0.1) is 11.3 Å². The number of hydrogen-bond donors (Lipinski definition) is 2. The molecule has 0 aromatic heterocycles. The van der Waals surface area contributed by atoms with E-state index in [1.54, 1.807) is 6.92 Å². The van der Waals surface area contributed by atoms with E-state index >= 15 is 0 Å². The van der Waals surface area contributed by atoms with Crippen LogP contribution in [0.25, 0.3) is 0 Å². The molecule has 0 aliphatic heterocycles. The van der Waals surface area contributed by atoms with E-state index in [0.29, 0.717) is 0 Å². The highest BCUT2D eigenvalue weighted by atomic mass is 35.5. The molecule has 0 bridgehead atoms. The van der Waals surface area contributed by atoms with Gasteiger partial charge in [-0.1, -0.05) is 27.7 Å². The molecule has 0 fully saturated rings. The largest absolute Gasteiger partial charge is 0.469 e. The van der Waals surface area contributed by atoms with Crippen LogP contribution < -0.4 is 11.1 Å². The Morgan fingerprint density at radius 1 is 1.35 bits per heavy atom. The Hall–Kier alpha value is -0.810. The van der Waals surface area contributed by atoms with Crippen LogP contribution in [0.4, 0.5) is 0 Å². The molecular formula is C11H23ClN2O3. The number of nitrogens with one attached hydrogen (secondary N) is 1. The fourth-order valence-electron chi connectivity index (χ4n) is 1.04. The molecule has 2 atom stereocenters. The fraction of sp³-hybridized carbons (Fsp3) is 0.818. The molecule has 0 aromatic rings. The van der Waals surface area contributed by atoms with Gasteiger partial charge in [-0.05, 0) is 5.41 Å². The fourth-order valence-corrected chi connectivity index (χ4v) is 1.04. The number of carbonyl (C=O) groups excluding carboxylic acids is 2. The lowest BCUT2D eigenvalue weighted by Gasteiger charge is -2.26. The quantitative estimate of drug-likeness (QED) is 0.734. The van der Waals surface area contributed by atoms with Crippen molar-refractivity contribution in [1.29, 1.82) is 0 Å². The molecule has 3 N–H and O–H groups in total. The molecule has 0 aliphatic carbocycles. The van der Waals surface area contributed by atoms with Crippen molar-refractivity contribution in [2.45, 2.75) is 33.7 Å². The summed E-state index contributed by atoms with van der Waals surface area (Å²) in [5.74, 6) is -0.950. The molecule has 0 radical (unpaired) electrons. The standard InChI is InChI=1S/C11H22N2O3.ClH/c1-7(10(15)16-5)6-13-9(14)8(12)11(2,3)4;/h7-8H,6,12H2,1-5H3,(H,13,14);1H/t7?,8-;/m1./s1. The van der Waals surface area contributed by atoms with E-state index in [1.807, 2.05) is 20.8 Å². The zero-order valence-corrected chi connectivity index (χ0v) is 11.9. The highest BCUT2D eigenvalue weighted by Gasteiger charge is 2.27. The van der Waals surface area contributed by atoms with Crippen molar-refractivity contribution in [2.24, 2.45) is 17.1 Å². The van der Waals surface area contributed by atoms with Crippen LogP contribution >= 0.6 is 12.4 Å². The van der Waals surface area contributed by atoms with E-state index in [0.717, 1.165) is 0 Å². The smallest absolute Gasteiger partial charge is 0.310 e. The minimum atomic E-state index is -0.586. The number of amides is 1. The van der Waals surface area contributed by atoms with Crippen LogP contribution in [-0.4, -0.2) is 31.6 Å². The Morgan fingerprint density at radius 3 is 2.18 bits per heavy atom. The van der Waals surface area contributed by atoms with Crippen LogP contribution in [-0.2, 0) is 14.3 Å². The minimum Gasteiger partial charge on any atom is -0.469 e. The molecule has 0 aromatic carbocycles. The van der Waals surface area contributed by atoms with Gasteiger partial charge in [0.1, 0.15) is 0 Å². The average Bonchev–Trinajstić information content (AvgIpc) is 2.21. The zero-order valence-electron chi connectivity index (χ0n) is 11.1. The number of nitrogens with two attached hydrogens (primary N) is 1. The second-order valence-corrected chi connectivity index (χ2v) is 5.01. The SMILES string of the molecule is COC(=O)C(C)CNC(=O)[C@@H](N)C(C)(C)C.Cl. The van der Waals surface area contributed by atoms with E-state index < -0.39 is 6.04 Å². The second kappa shape index (κ2) is 7.50. The summed E-state index contributed by atoms with van der Waals surface area (Å²) in [7, 11) is 1.32. The summed E-state index contributed by atoms with van der Waals surface area (Å²) in [6.45, 7) is 7.60. The summed E-state index contributed by atoms with van der Waals surface area (Å²) in [5, 5.41) is 2.64. The first kappa shape index (κ1) is 18.6. The maximum Gasteiger partial charge on any atom is 0.310 e. The van der Waals surface area contributed by atoms with Crippen LogP contribution in [0.2, 0.25) is 0 Å². The van der Waals surface area contributed by atoms with E-state index in [4.69, 9.17) is 5.73 Å². The Kier molecular flexibility index (Phi) is 8.19. The first-order chi connectivity index (χ1) is 7.20. The van der Waals surface area contributed by atoms with Crippen molar-refractivity contribution in [2.75, 3.05) is 13.7 Å². The molecule has 1 unspecified atom stereocenters. The van der Waals surface area contributed by atoms with Gasteiger partial charge in [0.15, 0.2) is 0 Å². The maximum absolute atomic E-state index is 11.6. The van der Waals surface area contributed by atoms with E-state index in [-0.39, 0.29) is 42.2 Å². The Morgan fingerprint density at radius 2 is 1.82 bits per heavy atom. The Balaban J connectivity index is 0. The van der Waals surface area contributed by atoms with Crippen molar-refractivity contribution in [3.05, 3.63) is 0 Å². The molecule has 0 aliphatic rings. The monoisotopic (exact) mass is 266 g/mol. The topological polar surface area (TPSA) is 81.4 Å². The molecule has 0 spiro atoms. The predicted octanol–water partition coefficient (Wildman–Crippen LogP) is 0.707. The zero-order chi connectivity index (χ0) is 12.9. The molecular weight excluding hydrogens is 244 g/mol.